The van der Waals surface area contributed by atoms with Crippen molar-refractivity contribution in [3.63, 3.8) is 0 Å². The molecular formula is C21H32N4O2S. The number of hydrogen-bond donors (Lipinski definition) is 2. The Balaban J connectivity index is 1.48. The summed E-state index contributed by atoms with van der Waals surface area (Å²) in [7, 11) is 0. The van der Waals surface area contributed by atoms with Gasteiger partial charge < -0.3 is 16.0 Å². The molecule has 3 N–H and O–H groups in total. The Morgan fingerprint density at radius 2 is 2.00 bits per heavy atom. The van der Waals surface area contributed by atoms with E-state index in [1.54, 1.807) is 0 Å². The fourth-order valence-electron chi connectivity index (χ4n) is 4.35. The van der Waals surface area contributed by atoms with Crippen molar-refractivity contribution in [3.8, 4) is 0 Å². The van der Waals surface area contributed by atoms with Crippen LogP contribution in [0.4, 0.5) is 0 Å². The van der Waals surface area contributed by atoms with Gasteiger partial charge >= 0.3 is 0 Å². The van der Waals surface area contributed by atoms with E-state index < -0.39 is 0 Å². The van der Waals surface area contributed by atoms with Crippen LogP contribution in [-0.4, -0.2) is 59.4 Å². The Morgan fingerprint density at radius 3 is 2.61 bits per heavy atom. The van der Waals surface area contributed by atoms with Crippen molar-refractivity contribution in [2.24, 2.45) is 11.7 Å². The van der Waals surface area contributed by atoms with Gasteiger partial charge in [-0.3, -0.25) is 14.5 Å². The minimum Gasteiger partial charge on any atom is -0.353 e. The summed E-state index contributed by atoms with van der Waals surface area (Å²) in [4.78, 5) is 32.8. The first-order valence-electron chi connectivity index (χ1n) is 10.7. The van der Waals surface area contributed by atoms with Crippen LogP contribution in [0, 0.1) is 12.8 Å². The number of piperidine rings is 1. The summed E-state index contributed by atoms with van der Waals surface area (Å²) in [5.41, 5.74) is 5.57. The summed E-state index contributed by atoms with van der Waals surface area (Å²) in [6.07, 6.45) is 6.13. The molecule has 2 aliphatic carbocycles. The topological polar surface area (TPSA) is 78.7 Å². The van der Waals surface area contributed by atoms with Crippen LogP contribution in [0.15, 0.2) is 12.1 Å². The Morgan fingerprint density at radius 1 is 1.21 bits per heavy atom. The van der Waals surface area contributed by atoms with E-state index >= 15 is 0 Å². The van der Waals surface area contributed by atoms with Gasteiger partial charge in [-0.2, -0.15) is 0 Å². The first kappa shape index (κ1) is 19.9. The normalized spacial score (nSPS) is 25.2. The van der Waals surface area contributed by atoms with Crippen molar-refractivity contribution in [1.29, 1.82) is 0 Å². The second-order valence-corrected chi connectivity index (χ2v) is 9.87. The van der Waals surface area contributed by atoms with Gasteiger partial charge in [-0.1, -0.05) is 0 Å². The summed E-state index contributed by atoms with van der Waals surface area (Å²) >= 11 is 1.86. The van der Waals surface area contributed by atoms with E-state index in [4.69, 9.17) is 5.73 Å². The fourth-order valence-corrected chi connectivity index (χ4v) is 5.25. The first-order valence-corrected chi connectivity index (χ1v) is 11.5. The van der Waals surface area contributed by atoms with Crippen molar-refractivity contribution < 1.29 is 9.59 Å². The molecule has 154 valence electrons. The Labute approximate surface area is 171 Å². The zero-order valence-corrected chi connectivity index (χ0v) is 17.5. The molecule has 3 fully saturated rings. The van der Waals surface area contributed by atoms with Gasteiger partial charge in [0.15, 0.2) is 0 Å². The third kappa shape index (κ3) is 4.58. The predicted molar refractivity (Wildman–Crippen MR) is 111 cm³/mol. The van der Waals surface area contributed by atoms with Gasteiger partial charge in [0, 0.05) is 53.9 Å². The van der Waals surface area contributed by atoms with Crippen LogP contribution in [0.5, 0.6) is 0 Å². The SMILES string of the molecule is Cc1ccc(CN(C2CC2)C2CCN(C(=O)C3CC3)[C@@H](C(=O)NCCN)C2)s1. The van der Waals surface area contributed by atoms with Gasteiger partial charge in [-0.25, -0.2) is 0 Å². The van der Waals surface area contributed by atoms with Crippen LogP contribution >= 0.6 is 11.3 Å². The lowest BCUT2D eigenvalue weighted by molar-refractivity contribution is -0.144. The molecule has 6 nitrogen and oxygen atoms in total. The van der Waals surface area contributed by atoms with E-state index in [0.29, 0.717) is 31.7 Å². The molecule has 2 amide bonds. The number of nitrogens with zero attached hydrogens (tertiary/aromatic N) is 2. The van der Waals surface area contributed by atoms with E-state index in [9.17, 15) is 9.59 Å². The molecular weight excluding hydrogens is 372 g/mol. The zero-order chi connectivity index (χ0) is 19.7. The van der Waals surface area contributed by atoms with Crippen LogP contribution < -0.4 is 11.1 Å². The largest absolute Gasteiger partial charge is 0.353 e. The Hall–Kier alpha value is -1.44. The number of likely N-dealkylation sites (tertiary alicyclic amines) is 1. The number of nitrogens with two attached hydrogens (primary N) is 1. The van der Waals surface area contributed by atoms with Crippen molar-refractivity contribution in [1.82, 2.24) is 15.1 Å². The average Bonchev–Trinajstić information content (AvgIpc) is 3.61. The highest BCUT2D eigenvalue weighted by atomic mass is 32.1. The summed E-state index contributed by atoms with van der Waals surface area (Å²) in [5, 5.41) is 2.93. The van der Waals surface area contributed by atoms with Crippen molar-refractivity contribution in [2.75, 3.05) is 19.6 Å². The number of nitrogens with one attached hydrogen (secondary N) is 1. The van der Waals surface area contributed by atoms with Gasteiger partial charge in [0.2, 0.25) is 11.8 Å². The lowest BCUT2D eigenvalue weighted by Gasteiger charge is -2.43. The monoisotopic (exact) mass is 404 g/mol. The van der Waals surface area contributed by atoms with Crippen LogP contribution in [-0.2, 0) is 16.1 Å². The summed E-state index contributed by atoms with van der Waals surface area (Å²) in [6, 6.07) is 5.04. The number of aryl methyl sites for hydroxylation is 1. The molecule has 2 heterocycles. The maximum absolute atomic E-state index is 12.9. The van der Waals surface area contributed by atoms with Crippen molar-refractivity contribution in [2.45, 2.75) is 70.1 Å². The Kier molecular flexibility index (Phi) is 6.04. The van der Waals surface area contributed by atoms with E-state index in [2.05, 4.69) is 29.3 Å². The zero-order valence-electron chi connectivity index (χ0n) is 16.7. The van der Waals surface area contributed by atoms with Gasteiger partial charge in [-0.05, 0) is 57.6 Å². The average molecular weight is 405 g/mol. The molecule has 0 spiro atoms. The predicted octanol–water partition coefficient (Wildman–Crippen LogP) is 1.87. The van der Waals surface area contributed by atoms with E-state index in [1.165, 1.54) is 22.6 Å². The Bertz CT molecular complexity index is 713. The van der Waals surface area contributed by atoms with Crippen molar-refractivity contribution in [3.05, 3.63) is 21.9 Å². The molecule has 0 bridgehead atoms. The molecule has 1 aromatic heterocycles. The number of rotatable bonds is 8. The summed E-state index contributed by atoms with van der Waals surface area (Å²) < 4.78 is 0. The van der Waals surface area contributed by atoms with Gasteiger partial charge in [0.1, 0.15) is 6.04 Å². The van der Waals surface area contributed by atoms with Gasteiger partial charge in [-0.15, -0.1) is 11.3 Å². The molecule has 3 aliphatic rings. The number of carbonyl (C=O) groups is 2. The van der Waals surface area contributed by atoms with Crippen LogP contribution in [0.3, 0.4) is 0 Å². The minimum absolute atomic E-state index is 0.0353. The van der Waals surface area contributed by atoms with Crippen LogP contribution in [0.25, 0.3) is 0 Å². The maximum atomic E-state index is 12.9. The number of carbonyl (C=O) groups excluding carboxylic acids is 2. The molecule has 28 heavy (non-hydrogen) atoms. The second-order valence-electron chi connectivity index (χ2n) is 8.50. The smallest absolute Gasteiger partial charge is 0.242 e. The number of thiophene rings is 1. The van der Waals surface area contributed by atoms with Gasteiger partial charge in [0.25, 0.3) is 0 Å². The van der Waals surface area contributed by atoms with E-state index in [1.807, 2.05) is 16.2 Å². The molecule has 1 aromatic rings. The summed E-state index contributed by atoms with van der Waals surface area (Å²) in [6.45, 7) is 4.68. The molecule has 0 radical (unpaired) electrons. The van der Waals surface area contributed by atoms with Crippen LogP contribution in [0.1, 0.15) is 48.3 Å². The number of amides is 2. The molecule has 1 unspecified atom stereocenters. The van der Waals surface area contributed by atoms with Crippen LogP contribution in [0.2, 0.25) is 0 Å². The minimum atomic E-state index is -0.357. The molecule has 1 aliphatic heterocycles. The van der Waals surface area contributed by atoms with E-state index in [0.717, 1.165) is 32.2 Å². The quantitative estimate of drug-likeness (QED) is 0.693. The molecule has 2 atom stereocenters. The van der Waals surface area contributed by atoms with Crippen molar-refractivity contribution >= 4 is 23.2 Å². The lowest BCUT2D eigenvalue weighted by Crippen LogP contribution is -2.58. The first-order chi connectivity index (χ1) is 13.6. The standard InChI is InChI=1S/C21H32N4O2S/c1-14-2-7-18(28-14)13-25(16-5-6-16)17-8-11-24(21(27)15-3-4-15)19(12-17)20(26)23-10-9-22/h2,7,15-17,19H,3-6,8-13,22H2,1H3,(H,23,26)/t17?,19-/m1/s1. The second kappa shape index (κ2) is 8.51. The molecule has 0 aromatic carbocycles. The fraction of sp³-hybridized carbons (Fsp3) is 0.714. The highest BCUT2D eigenvalue weighted by Gasteiger charge is 2.44. The van der Waals surface area contributed by atoms with Gasteiger partial charge in [0.05, 0.1) is 0 Å². The third-order valence-electron chi connectivity index (χ3n) is 6.15. The molecule has 1 saturated heterocycles. The maximum Gasteiger partial charge on any atom is 0.242 e. The lowest BCUT2D eigenvalue weighted by atomic mass is 9.94. The molecule has 2 saturated carbocycles. The highest BCUT2D eigenvalue weighted by Crippen LogP contribution is 2.37. The summed E-state index contributed by atoms with van der Waals surface area (Å²) in [5.74, 6) is 0.292. The third-order valence-corrected chi connectivity index (χ3v) is 7.14. The highest BCUT2D eigenvalue weighted by molar-refractivity contribution is 7.11. The van der Waals surface area contributed by atoms with E-state index in [-0.39, 0.29) is 23.8 Å². The molecule has 4 rings (SSSR count). The molecule has 7 heteroatoms. The number of hydrogen-bond acceptors (Lipinski definition) is 5.